The Labute approximate surface area is 215 Å². The molecular formula is C28H26N4O4S. The van der Waals surface area contributed by atoms with E-state index in [0.717, 1.165) is 36.8 Å². The molecule has 0 fully saturated rings. The van der Waals surface area contributed by atoms with Crippen LogP contribution in [0, 0.1) is 0 Å². The molecule has 37 heavy (non-hydrogen) atoms. The number of benzene rings is 3. The zero-order valence-corrected chi connectivity index (χ0v) is 21.0. The highest BCUT2D eigenvalue weighted by atomic mass is 32.2. The average Bonchev–Trinajstić information content (AvgIpc) is 3.41. The molecule has 188 valence electrons. The van der Waals surface area contributed by atoms with E-state index >= 15 is 0 Å². The van der Waals surface area contributed by atoms with Crippen molar-refractivity contribution in [2.45, 2.75) is 43.4 Å². The summed E-state index contributed by atoms with van der Waals surface area (Å²) in [5.41, 5.74) is 5.49. The number of carbonyl (C=O) groups excluding carboxylic acids is 1. The number of amides is 1. The van der Waals surface area contributed by atoms with Crippen molar-refractivity contribution in [3.63, 3.8) is 0 Å². The van der Waals surface area contributed by atoms with Crippen molar-refractivity contribution < 1.29 is 17.6 Å². The monoisotopic (exact) mass is 514 g/mol. The molecule has 0 saturated carbocycles. The summed E-state index contributed by atoms with van der Waals surface area (Å²) in [4.78, 5) is 12.9. The molecule has 6 rings (SSSR count). The minimum absolute atomic E-state index is 0.0145. The predicted octanol–water partition coefficient (Wildman–Crippen LogP) is 5.01. The fourth-order valence-electron chi connectivity index (χ4n) is 5.08. The van der Waals surface area contributed by atoms with Crippen molar-refractivity contribution in [2.24, 2.45) is 0 Å². The van der Waals surface area contributed by atoms with Crippen molar-refractivity contribution in [2.75, 3.05) is 16.2 Å². The third kappa shape index (κ3) is 4.51. The first-order valence-electron chi connectivity index (χ1n) is 12.5. The topological polar surface area (TPSA) is 105 Å². The Morgan fingerprint density at radius 1 is 0.838 bits per heavy atom. The van der Waals surface area contributed by atoms with Gasteiger partial charge in [-0.05, 0) is 97.7 Å². The van der Waals surface area contributed by atoms with E-state index in [-0.39, 0.29) is 16.5 Å². The van der Waals surface area contributed by atoms with Gasteiger partial charge in [0.2, 0.25) is 5.89 Å². The number of carbonyl (C=O) groups is 1. The predicted molar refractivity (Wildman–Crippen MR) is 140 cm³/mol. The Morgan fingerprint density at radius 2 is 1.59 bits per heavy atom. The van der Waals surface area contributed by atoms with Gasteiger partial charge >= 0.3 is 6.01 Å². The van der Waals surface area contributed by atoms with E-state index in [2.05, 4.69) is 27.6 Å². The van der Waals surface area contributed by atoms with E-state index in [4.69, 9.17) is 4.42 Å². The molecule has 1 aromatic heterocycles. The molecule has 4 aromatic rings. The van der Waals surface area contributed by atoms with Crippen LogP contribution in [0.15, 0.2) is 76.0 Å². The first-order chi connectivity index (χ1) is 18.0. The number of fused-ring (bicyclic) bond motifs is 2. The number of rotatable bonds is 5. The number of aryl methyl sites for hydroxylation is 3. The second-order valence-electron chi connectivity index (χ2n) is 9.39. The number of nitrogens with one attached hydrogen (secondary N) is 1. The van der Waals surface area contributed by atoms with Crippen molar-refractivity contribution in [1.29, 1.82) is 0 Å². The lowest BCUT2D eigenvalue weighted by Crippen LogP contribution is -2.35. The molecule has 8 nitrogen and oxygen atoms in total. The number of hydrogen-bond donors (Lipinski definition) is 1. The molecule has 0 radical (unpaired) electrons. The van der Waals surface area contributed by atoms with Crippen LogP contribution in [0.3, 0.4) is 0 Å². The highest BCUT2D eigenvalue weighted by Crippen LogP contribution is 2.32. The van der Waals surface area contributed by atoms with E-state index < -0.39 is 15.9 Å². The van der Waals surface area contributed by atoms with E-state index in [0.29, 0.717) is 18.1 Å². The van der Waals surface area contributed by atoms with Gasteiger partial charge in [-0.3, -0.25) is 14.4 Å². The van der Waals surface area contributed by atoms with Crippen molar-refractivity contribution >= 4 is 27.6 Å². The normalized spacial score (nSPS) is 15.1. The smallest absolute Gasteiger partial charge is 0.322 e. The molecule has 2 aliphatic rings. The highest BCUT2D eigenvalue weighted by molar-refractivity contribution is 7.92. The summed E-state index contributed by atoms with van der Waals surface area (Å²) in [7, 11) is -3.75. The van der Waals surface area contributed by atoms with Gasteiger partial charge < -0.3 is 4.42 Å². The standard InChI is InChI=1S/C28H26N4O4S/c33-26(29-28-31-30-27(36-28)23-12-11-19-6-1-2-8-22(19)18-23)21-13-15-24(16-14-21)37(34,35)32-17-5-9-20-7-3-4-10-25(20)32/h3-4,7,10-16,18H,1-2,5-6,8-9,17H2,(H,29,31,33). The average molecular weight is 515 g/mol. The second kappa shape index (κ2) is 9.48. The van der Waals surface area contributed by atoms with Gasteiger partial charge in [0.25, 0.3) is 15.9 Å². The molecular weight excluding hydrogens is 488 g/mol. The fraction of sp³-hybridized carbons (Fsp3) is 0.250. The van der Waals surface area contributed by atoms with Gasteiger partial charge in [0.15, 0.2) is 0 Å². The van der Waals surface area contributed by atoms with E-state index in [1.165, 1.54) is 52.5 Å². The molecule has 1 amide bonds. The summed E-state index contributed by atoms with van der Waals surface area (Å²) < 4.78 is 33.8. The third-order valence-corrected chi connectivity index (χ3v) is 8.84. The zero-order valence-electron chi connectivity index (χ0n) is 20.2. The lowest BCUT2D eigenvalue weighted by Gasteiger charge is -2.30. The molecule has 3 aromatic carbocycles. The summed E-state index contributed by atoms with van der Waals surface area (Å²) in [6.45, 7) is 0.422. The van der Waals surface area contributed by atoms with Crippen molar-refractivity contribution in [3.8, 4) is 11.5 Å². The van der Waals surface area contributed by atoms with Gasteiger partial charge in [-0.25, -0.2) is 8.42 Å². The SMILES string of the molecule is O=C(Nc1nnc(-c2ccc3c(c2)CCCC3)o1)c1ccc(S(=O)(=O)N2CCCc3ccccc32)cc1. The maximum atomic E-state index is 13.3. The molecule has 0 atom stereocenters. The van der Waals surface area contributed by atoms with E-state index in [9.17, 15) is 13.2 Å². The zero-order chi connectivity index (χ0) is 25.4. The number of anilines is 2. The first-order valence-corrected chi connectivity index (χ1v) is 13.9. The fourth-order valence-corrected chi connectivity index (χ4v) is 6.62. The maximum absolute atomic E-state index is 13.3. The minimum atomic E-state index is -3.75. The third-order valence-electron chi connectivity index (χ3n) is 7.01. The molecule has 1 aliphatic heterocycles. The van der Waals surface area contributed by atoms with Gasteiger partial charge in [0, 0.05) is 17.7 Å². The number of para-hydroxylation sites is 1. The lowest BCUT2D eigenvalue weighted by molar-refractivity contribution is 0.102. The largest absolute Gasteiger partial charge is 0.403 e. The van der Waals surface area contributed by atoms with Crippen LogP contribution in [0.25, 0.3) is 11.5 Å². The maximum Gasteiger partial charge on any atom is 0.322 e. The van der Waals surface area contributed by atoms with Crippen LogP contribution in [0.2, 0.25) is 0 Å². The van der Waals surface area contributed by atoms with Crippen molar-refractivity contribution in [3.05, 3.63) is 89.0 Å². The summed E-state index contributed by atoms with van der Waals surface area (Å²) in [5.74, 6) is -0.125. The highest BCUT2D eigenvalue weighted by Gasteiger charge is 2.29. The summed E-state index contributed by atoms with van der Waals surface area (Å²) in [6.07, 6.45) is 6.12. The Kier molecular flexibility index (Phi) is 6.00. The molecule has 0 spiro atoms. The molecule has 0 unspecified atom stereocenters. The van der Waals surface area contributed by atoms with Crippen LogP contribution in [-0.2, 0) is 29.3 Å². The van der Waals surface area contributed by atoms with Gasteiger partial charge in [0.05, 0.1) is 10.6 Å². The van der Waals surface area contributed by atoms with Crippen LogP contribution in [0.4, 0.5) is 11.7 Å². The first kappa shape index (κ1) is 23.4. The summed E-state index contributed by atoms with van der Waals surface area (Å²) >= 11 is 0. The molecule has 1 aliphatic carbocycles. The van der Waals surface area contributed by atoms with Crippen LogP contribution >= 0.6 is 0 Å². The van der Waals surface area contributed by atoms with Gasteiger partial charge in [-0.15, -0.1) is 5.10 Å². The molecule has 2 heterocycles. The Hall–Kier alpha value is -3.98. The van der Waals surface area contributed by atoms with Gasteiger partial charge in [-0.1, -0.05) is 29.4 Å². The summed E-state index contributed by atoms with van der Waals surface area (Å²) in [5, 5.41) is 10.6. The van der Waals surface area contributed by atoms with E-state index in [1.54, 1.807) is 0 Å². The Balaban J connectivity index is 1.17. The van der Waals surface area contributed by atoms with Crippen LogP contribution in [0.1, 0.15) is 46.3 Å². The van der Waals surface area contributed by atoms with Gasteiger partial charge in [0.1, 0.15) is 0 Å². The number of aromatic nitrogens is 2. The minimum Gasteiger partial charge on any atom is -0.403 e. The molecule has 0 saturated heterocycles. The van der Waals surface area contributed by atoms with Crippen molar-refractivity contribution in [1.82, 2.24) is 10.2 Å². The quantitative estimate of drug-likeness (QED) is 0.401. The number of sulfonamides is 1. The Morgan fingerprint density at radius 3 is 2.43 bits per heavy atom. The van der Waals surface area contributed by atoms with Crippen LogP contribution < -0.4 is 9.62 Å². The second-order valence-corrected chi connectivity index (χ2v) is 11.3. The molecule has 9 heteroatoms. The number of hydrogen-bond acceptors (Lipinski definition) is 6. The number of nitrogens with zero attached hydrogens (tertiary/aromatic N) is 3. The van der Waals surface area contributed by atoms with E-state index in [1.807, 2.05) is 30.3 Å². The molecule has 1 N–H and O–H groups in total. The Bertz CT molecular complexity index is 1580. The van der Waals surface area contributed by atoms with Crippen LogP contribution in [-0.4, -0.2) is 31.1 Å². The van der Waals surface area contributed by atoms with Gasteiger partial charge in [-0.2, -0.15) is 0 Å². The molecule has 0 bridgehead atoms. The van der Waals surface area contributed by atoms with Crippen LogP contribution in [0.5, 0.6) is 0 Å². The lowest BCUT2D eigenvalue weighted by atomic mass is 9.90. The summed E-state index contributed by atoms with van der Waals surface area (Å²) in [6, 6.07) is 19.5.